The highest BCUT2D eigenvalue weighted by molar-refractivity contribution is 5.79. The zero-order chi connectivity index (χ0) is 48.2. The Morgan fingerprint density at radius 3 is 2.12 bits per heavy atom. The van der Waals surface area contributed by atoms with E-state index in [1.54, 1.807) is 6.92 Å². The summed E-state index contributed by atoms with van der Waals surface area (Å²) in [6, 6.07) is 0. The number of allylic oxidation sites excluding steroid dienone is 3. The Bertz CT molecular complexity index is 1860. The topological polar surface area (TPSA) is 312 Å². The van der Waals surface area contributed by atoms with Crippen LogP contribution < -0.4 is 0 Å². The molecule has 0 bridgehead atoms. The van der Waals surface area contributed by atoms with Gasteiger partial charge in [0, 0.05) is 5.92 Å². The molecular weight excluding hydrogens is 868 g/mol. The number of ether oxygens (including phenoxy) is 6. The fraction of sp³-hybridized carbons (Fsp3) is 0.872. The van der Waals surface area contributed by atoms with Gasteiger partial charge in [0.15, 0.2) is 12.6 Å². The maximum absolute atomic E-state index is 14.8. The summed E-state index contributed by atoms with van der Waals surface area (Å²) in [7, 11) is 0. The molecule has 0 amide bonds. The first-order chi connectivity index (χ1) is 30.9. The maximum atomic E-state index is 14.8. The van der Waals surface area contributed by atoms with Crippen molar-refractivity contribution in [1.82, 2.24) is 0 Å². The Hall–Kier alpha value is -2.02. The molecule has 66 heavy (non-hydrogen) atoms. The Balaban J connectivity index is 0.972. The first-order valence-electron chi connectivity index (χ1n) is 23.6. The van der Waals surface area contributed by atoms with Crippen LogP contribution in [0.15, 0.2) is 23.8 Å². The van der Waals surface area contributed by atoms with Crippen LogP contribution in [0.4, 0.5) is 0 Å². The molecule has 0 aromatic carbocycles. The molecule has 0 aromatic heterocycles. The van der Waals surface area contributed by atoms with Crippen molar-refractivity contribution in [2.24, 2.45) is 44.8 Å². The lowest BCUT2D eigenvalue weighted by Gasteiger charge is -2.71. The van der Waals surface area contributed by atoms with Gasteiger partial charge in [0.2, 0.25) is 6.29 Å². The number of aliphatic hydroxyl groups is 11. The molecule has 3 saturated heterocycles. The van der Waals surface area contributed by atoms with Gasteiger partial charge < -0.3 is 89.4 Å². The maximum Gasteiger partial charge on any atom is 0.315 e. The molecule has 3 aliphatic heterocycles. The molecular formula is C47H72O19. The summed E-state index contributed by atoms with van der Waals surface area (Å²) in [4.78, 5) is 27.5. The highest BCUT2D eigenvalue weighted by atomic mass is 16.8. The molecule has 3 heterocycles. The van der Waals surface area contributed by atoms with Gasteiger partial charge >= 0.3 is 5.97 Å². The lowest BCUT2D eigenvalue weighted by Crippen LogP contribution is -2.67. The molecule has 7 fully saturated rings. The number of rotatable bonds is 9. The molecule has 19 heteroatoms. The second-order valence-corrected chi connectivity index (χ2v) is 21.9. The van der Waals surface area contributed by atoms with Gasteiger partial charge in [-0.15, -0.1) is 0 Å². The van der Waals surface area contributed by atoms with E-state index in [0.29, 0.717) is 51.4 Å². The van der Waals surface area contributed by atoms with Crippen LogP contribution in [0.1, 0.15) is 92.4 Å². The molecule has 5 aliphatic carbocycles. The molecule has 8 aliphatic rings. The van der Waals surface area contributed by atoms with E-state index in [2.05, 4.69) is 33.4 Å². The van der Waals surface area contributed by atoms with Crippen LogP contribution in [0.25, 0.3) is 0 Å². The average molecular weight is 941 g/mol. The summed E-state index contributed by atoms with van der Waals surface area (Å²) in [6.07, 6.45) is -18.6. The number of hydrogen-bond donors (Lipinski definition) is 11. The second kappa shape index (κ2) is 18.0. The molecule has 19 nitrogen and oxygen atoms in total. The van der Waals surface area contributed by atoms with Crippen molar-refractivity contribution in [2.75, 3.05) is 13.2 Å². The average Bonchev–Trinajstić information content (AvgIpc) is 3.28. The van der Waals surface area contributed by atoms with E-state index in [0.717, 1.165) is 23.9 Å². The van der Waals surface area contributed by atoms with Crippen LogP contribution in [-0.2, 0) is 38.0 Å². The van der Waals surface area contributed by atoms with Crippen molar-refractivity contribution < 1.29 is 94.2 Å². The third-order valence-electron chi connectivity index (χ3n) is 18.6. The largest absolute Gasteiger partial charge is 0.432 e. The van der Waals surface area contributed by atoms with E-state index < -0.39 is 145 Å². The van der Waals surface area contributed by atoms with Gasteiger partial charge in [-0.05, 0) is 92.8 Å². The molecule has 8 rings (SSSR count). The number of aldehydes is 1. The standard InChI is InChI=1S/C47H72O19/c1-20-9-12-47(14-13-45(5)22(23(47)15-20)7-8-28-43(3)16-24(50)38(59)44(4,19-49)27(43)10-11-46(28,45)6)42(60)66-41-35(57)32(54)30(52)26(64-41)18-61-39-36(58)33(55)37(25(17-48)63-39)65-40-34(56)31(53)29(51)21(2)62-40/h7,19,21,23-41,48,50-59H,1,8-18H2,2-6H3. The van der Waals surface area contributed by atoms with E-state index in [-0.39, 0.29) is 23.2 Å². The number of esters is 1. The summed E-state index contributed by atoms with van der Waals surface area (Å²) in [5.74, 6) is -1.03. The van der Waals surface area contributed by atoms with Gasteiger partial charge in [0.1, 0.15) is 73.4 Å². The number of hydrogen-bond acceptors (Lipinski definition) is 19. The predicted octanol–water partition coefficient (Wildman–Crippen LogP) is -1.15. The molecule has 11 N–H and O–H groups in total. The van der Waals surface area contributed by atoms with Crippen molar-refractivity contribution in [3.05, 3.63) is 23.8 Å². The van der Waals surface area contributed by atoms with Crippen LogP contribution in [0.2, 0.25) is 0 Å². The normalized spacial score (nSPS) is 55.0. The summed E-state index contributed by atoms with van der Waals surface area (Å²) >= 11 is 0. The van der Waals surface area contributed by atoms with Crippen LogP contribution >= 0.6 is 0 Å². The monoisotopic (exact) mass is 940 g/mol. The van der Waals surface area contributed by atoms with Crippen molar-refractivity contribution >= 4 is 12.3 Å². The lowest BCUT2D eigenvalue weighted by molar-refractivity contribution is -0.361. The Labute approximate surface area is 384 Å². The van der Waals surface area contributed by atoms with Crippen LogP contribution in [0, 0.1) is 44.8 Å². The Morgan fingerprint density at radius 2 is 1.44 bits per heavy atom. The van der Waals surface area contributed by atoms with E-state index in [9.17, 15) is 65.8 Å². The Kier molecular flexibility index (Phi) is 13.7. The number of fused-ring (bicyclic) bond motifs is 7. The second-order valence-electron chi connectivity index (χ2n) is 21.9. The first-order valence-corrected chi connectivity index (χ1v) is 23.6. The van der Waals surface area contributed by atoms with Crippen molar-refractivity contribution in [3.8, 4) is 0 Å². The third-order valence-corrected chi connectivity index (χ3v) is 18.6. The SMILES string of the molecule is C=C1CCC2(C(=O)OC3OC(COC4OC(CO)C(OC5OC(C)C(O)C(O)C5O)C(O)C4O)C(O)C(O)C3O)CCC3(C)C(=CCC4C5(C)CC(O)C(O)C(C)(C=O)C5CCC43C)C2C1. The minimum Gasteiger partial charge on any atom is -0.432 e. The zero-order valence-corrected chi connectivity index (χ0v) is 38.4. The number of carbonyl (C=O) groups excluding carboxylic acids is 2. The Morgan fingerprint density at radius 1 is 0.788 bits per heavy atom. The summed E-state index contributed by atoms with van der Waals surface area (Å²) in [6.45, 7) is 12.8. The van der Waals surface area contributed by atoms with Crippen molar-refractivity contribution in [3.63, 3.8) is 0 Å². The van der Waals surface area contributed by atoms with Crippen LogP contribution in [0.5, 0.6) is 0 Å². The molecule has 25 unspecified atom stereocenters. The summed E-state index contributed by atoms with van der Waals surface area (Å²) in [5.41, 5.74) is -1.20. The fourth-order valence-electron chi connectivity index (χ4n) is 14.4. The van der Waals surface area contributed by atoms with E-state index in [4.69, 9.17) is 28.4 Å². The van der Waals surface area contributed by atoms with Gasteiger partial charge in [-0.3, -0.25) is 4.79 Å². The van der Waals surface area contributed by atoms with Gasteiger partial charge in [-0.2, -0.15) is 0 Å². The van der Waals surface area contributed by atoms with Crippen molar-refractivity contribution in [1.29, 1.82) is 0 Å². The van der Waals surface area contributed by atoms with Crippen LogP contribution in [0.3, 0.4) is 0 Å². The van der Waals surface area contributed by atoms with E-state index >= 15 is 0 Å². The highest BCUT2D eigenvalue weighted by Gasteiger charge is 2.71. The van der Waals surface area contributed by atoms with E-state index in [1.807, 2.05) is 0 Å². The minimum atomic E-state index is -1.88. The molecule has 0 radical (unpaired) electrons. The molecule has 0 spiro atoms. The summed E-state index contributed by atoms with van der Waals surface area (Å²) in [5, 5.41) is 118. The van der Waals surface area contributed by atoms with Gasteiger partial charge in [-0.25, -0.2) is 0 Å². The summed E-state index contributed by atoms with van der Waals surface area (Å²) < 4.78 is 34.5. The highest BCUT2D eigenvalue weighted by Crippen LogP contribution is 2.75. The first kappa shape index (κ1) is 50.4. The molecule has 374 valence electrons. The lowest BCUT2D eigenvalue weighted by atomic mass is 9.33. The predicted molar refractivity (Wildman–Crippen MR) is 226 cm³/mol. The molecule has 25 atom stereocenters. The minimum absolute atomic E-state index is 0.0654. The number of aliphatic hydroxyl groups excluding tert-OH is 11. The smallest absolute Gasteiger partial charge is 0.315 e. The fourth-order valence-corrected chi connectivity index (χ4v) is 14.4. The van der Waals surface area contributed by atoms with Gasteiger partial charge in [-0.1, -0.05) is 51.5 Å². The van der Waals surface area contributed by atoms with Crippen molar-refractivity contribution in [2.45, 2.75) is 197 Å². The van der Waals surface area contributed by atoms with E-state index in [1.165, 1.54) is 6.92 Å². The van der Waals surface area contributed by atoms with Gasteiger partial charge in [0.25, 0.3) is 0 Å². The molecule has 4 saturated carbocycles. The number of carbonyl (C=O) groups is 2. The molecule has 0 aromatic rings. The third kappa shape index (κ3) is 7.61. The van der Waals surface area contributed by atoms with Gasteiger partial charge in [0.05, 0.1) is 42.4 Å². The zero-order valence-electron chi connectivity index (χ0n) is 38.4. The quantitative estimate of drug-likeness (QED) is 0.0739. The van der Waals surface area contributed by atoms with Crippen LogP contribution in [-0.4, -0.2) is 186 Å².